The molecule has 3 aliphatic heterocycles. The molecule has 0 radical (unpaired) electrons. The minimum atomic E-state index is 0.337. The number of epoxide rings is 3. The Morgan fingerprint density at radius 3 is 2.08 bits per heavy atom. The monoisotopic (exact) mass is 335 g/mol. The summed E-state index contributed by atoms with van der Waals surface area (Å²) in [4.78, 5) is 2.34. The van der Waals surface area contributed by atoms with Crippen molar-refractivity contribution < 1.29 is 23.7 Å². The van der Waals surface area contributed by atoms with Crippen LogP contribution in [0.4, 0.5) is 5.69 Å². The number of hydrogen-bond donors (Lipinski definition) is 0. The van der Waals surface area contributed by atoms with Gasteiger partial charge in [0.15, 0.2) is 0 Å². The van der Waals surface area contributed by atoms with Crippen LogP contribution in [0.3, 0.4) is 0 Å². The second kappa shape index (κ2) is 7.70. The molecule has 1 aromatic carbocycles. The fourth-order valence-corrected chi connectivity index (χ4v) is 2.61. The second-order valence-corrected chi connectivity index (χ2v) is 6.54. The molecular formula is C18H25NO5. The lowest BCUT2D eigenvalue weighted by Gasteiger charge is -2.23. The molecule has 3 atom stereocenters. The molecule has 132 valence electrons. The Morgan fingerprint density at radius 1 is 0.875 bits per heavy atom. The average molecular weight is 335 g/mol. The largest absolute Gasteiger partial charge is 0.494 e. The zero-order valence-electron chi connectivity index (χ0n) is 13.9. The molecule has 0 N–H and O–H groups in total. The van der Waals surface area contributed by atoms with E-state index in [-0.39, 0.29) is 0 Å². The van der Waals surface area contributed by atoms with Gasteiger partial charge in [0.05, 0.1) is 45.2 Å². The van der Waals surface area contributed by atoms with Gasteiger partial charge in [-0.1, -0.05) is 0 Å². The normalized spacial score (nSPS) is 26.9. The van der Waals surface area contributed by atoms with Crippen LogP contribution < -0.4 is 9.64 Å². The number of hydrogen-bond acceptors (Lipinski definition) is 6. The molecule has 6 heteroatoms. The SMILES string of the molecule is c1cc(N(CC2CO2)CC2CO2)ccc1OCCCOCC1CO1. The van der Waals surface area contributed by atoms with Gasteiger partial charge in [-0.25, -0.2) is 0 Å². The maximum Gasteiger partial charge on any atom is 0.119 e. The van der Waals surface area contributed by atoms with Gasteiger partial charge in [0.1, 0.15) is 11.9 Å². The summed E-state index contributed by atoms with van der Waals surface area (Å²) in [6.45, 7) is 6.55. The molecule has 3 aliphatic rings. The van der Waals surface area contributed by atoms with Gasteiger partial charge >= 0.3 is 0 Å². The third kappa shape index (κ3) is 5.34. The highest BCUT2D eigenvalue weighted by atomic mass is 16.6. The van der Waals surface area contributed by atoms with Crippen LogP contribution in [-0.2, 0) is 18.9 Å². The Kier molecular flexibility index (Phi) is 5.18. The first-order valence-corrected chi connectivity index (χ1v) is 8.77. The summed E-state index contributed by atoms with van der Waals surface area (Å²) in [6, 6.07) is 8.29. The lowest BCUT2D eigenvalue weighted by molar-refractivity contribution is 0.104. The summed E-state index contributed by atoms with van der Waals surface area (Å²) in [5.74, 6) is 0.898. The maximum atomic E-state index is 5.77. The number of benzene rings is 1. The Morgan fingerprint density at radius 2 is 1.50 bits per heavy atom. The zero-order chi connectivity index (χ0) is 16.2. The first-order valence-electron chi connectivity index (χ1n) is 8.77. The predicted molar refractivity (Wildman–Crippen MR) is 88.8 cm³/mol. The van der Waals surface area contributed by atoms with Gasteiger partial charge in [0.2, 0.25) is 0 Å². The van der Waals surface area contributed by atoms with Crippen molar-refractivity contribution in [2.24, 2.45) is 0 Å². The first-order chi connectivity index (χ1) is 11.9. The van der Waals surface area contributed by atoms with Crippen LogP contribution in [0.1, 0.15) is 6.42 Å². The van der Waals surface area contributed by atoms with Gasteiger partial charge in [-0.2, -0.15) is 0 Å². The molecule has 0 aromatic heterocycles. The highest BCUT2D eigenvalue weighted by Gasteiger charge is 2.30. The standard InChI is InChI=1S/C18H25NO5/c1(6-20-10-18-13-24-18)7-21-15-4-2-14(3-5-15)19(8-16-11-22-16)9-17-12-23-17/h2-5,16-18H,1,6-13H2. The summed E-state index contributed by atoms with van der Waals surface area (Å²) in [5.41, 5.74) is 1.20. The maximum absolute atomic E-state index is 5.77. The quantitative estimate of drug-likeness (QED) is 0.426. The second-order valence-electron chi connectivity index (χ2n) is 6.54. The molecule has 0 saturated carbocycles. The lowest BCUT2D eigenvalue weighted by atomic mass is 10.2. The summed E-state index contributed by atoms with van der Waals surface area (Å²) < 4.78 is 27.1. The molecule has 0 bridgehead atoms. The molecule has 3 heterocycles. The van der Waals surface area contributed by atoms with Gasteiger partial charge in [0.25, 0.3) is 0 Å². The van der Waals surface area contributed by atoms with Crippen LogP contribution in [0.2, 0.25) is 0 Å². The van der Waals surface area contributed by atoms with Gasteiger partial charge < -0.3 is 28.6 Å². The summed E-state index contributed by atoms with van der Waals surface area (Å²) >= 11 is 0. The Labute approximate surface area is 142 Å². The Balaban J connectivity index is 1.19. The fourth-order valence-electron chi connectivity index (χ4n) is 2.61. The van der Waals surface area contributed by atoms with Crippen molar-refractivity contribution >= 4 is 5.69 Å². The number of rotatable bonds is 12. The van der Waals surface area contributed by atoms with Gasteiger partial charge in [-0.15, -0.1) is 0 Å². The number of nitrogens with zero attached hydrogens (tertiary/aromatic N) is 1. The van der Waals surface area contributed by atoms with Crippen molar-refractivity contribution in [3.8, 4) is 5.75 Å². The van der Waals surface area contributed by atoms with E-state index in [1.54, 1.807) is 0 Å². The van der Waals surface area contributed by atoms with Crippen LogP contribution in [0, 0.1) is 0 Å². The number of ether oxygens (including phenoxy) is 5. The van der Waals surface area contributed by atoms with Crippen molar-refractivity contribution in [2.75, 3.05) is 57.6 Å². The number of anilines is 1. The van der Waals surface area contributed by atoms with E-state index < -0.39 is 0 Å². The summed E-state index contributed by atoms with van der Waals surface area (Å²) in [7, 11) is 0. The van der Waals surface area contributed by atoms with Crippen molar-refractivity contribution in [1.82, 2.24) is 0 Å². The van der Waals surface area contributed by atoms with Gasteiger partial charge in [-0.3, -0.25) is 0 Å². The van der Waals surface area contributed by atoms with Crippen molar-refractivity contribution in [2.45, 2.75) is 24.7 Å². The average Bonchev–Trinajstić information content (AvgIpc) is 3.45. The fraction of sp³-hybridized carbons (Fsp3) is 0.667. The Hall–Kier alpha value is -1.34. The molecule has 1 aromatic rings. The van der Waals surface area contributed by atoms with E-state index in [4.69, 9.17) is 23.7 Å². The van der Waals surface area contributed by atoms with Crippen LogP contribution >= 0.6 is 0 Å². The van der Waals surface area contributed by atoms with Crippen molar-refractivity contribution in [1.29, 1.82) is 0 Å². The van der Waals surface area contributed by atoms with Crippen LogP contribution in [-0.4, -0.2) is 71.0 Å². The van der Waals surface area contributed by atoms with Crippen LogP contribution in [0.25, 0.3) is 0 Å². The molecule has 6 nitrogen and oxygen atoms in total. The molecule has 24 heavy (non-hydrogen) atoms. The van der Waals surface area contributed by atoms with E-state index in [9.17, 15) is 0 Å². The predicted octanol–water partition coefficient (Wildman–Crippen LogP) is 1.47. The molecule has 0 aliphatic carbocycles. The lowest BCUT2D eigenvalue weighted by Crippen LogP contribution is -2.31. The molecule has 3 saturated heterocycles. The highest BCUT2D eigenvalue weighted by Crippen LogP contribution is 2.24. The van der Waals surface area contributed by atoms with Gasteiger partial charge in [0, 0.05) is 31.8 Å². The third-order valence-corrected chi connectivity index (χ3v) is 4.26. The minimum Gasteiger partial charge on any atom is -0.494 e. The first kappa shape index (κ1) is 16.1. The van der Waals surface area contributed by atoms with Crippen molar-refractivity contribution in [3.63, 3.8) is 0 Å². The van der Waals surface area contributed by atoms with Crippen LogP contribution in [0.15, 0.2) is 24.3 Å². The zero-order valence-corrected chi connectivity index (χ0v) is 13.9. The summed E-state index contributed by atoms with van der Waals surface area (Å²) in [6.07, 6.45) is 1.98. The molecule has 0 spiro atoms. The van der Waals surface area contributed by atoms with E-state index in [1.165, 1.54) is 5.69 Å². The van der Waals surface area contributed by atoms with E-state index in [1.807, 2.05) is 12.1 Å². The van der Waals surface area contributed by atoms with Crippen molar-refractivity contribution in [3.05, 3.63) is 24.3 Å². The molecule has 3 unspecified atom stereocenters. The van der Waals surface area contributed by atoms with E-state index in [2.05, 4.69) is 17.0 Å². The highest BCUT2D eigenvalue weighted by molar-refractivity contribution is 5.49. The molecule has 4 rings (SSSR count). The van der Waals surface area contributed by atoms with E-state index >= 15 is 0 Å². The topological polar surface area (TPSA) is 59.3 Å². The third-order valence-electron chi connectivity index (χ3n) is 4.26. The molecule has 0 amide bonds. The smallest absolute Gasteiger partial charge is 0.119 e. The molecular weight excluding hydrogens is 310 g/mol. The van der Waals surface area contributed by atoms with Crippen LogP contribution in [0.5, 0.6) is 5.75 Å². The molecule has 3 fully saturated rings. The minimum absolute atomic E-state index is 0.337. The van der Waals surface area contributed by atoms with E-state index in [0.717, 1.165) is 45.1 Å². The Bertz CT molecular complexity index is 497. The van der Waals surface area contributed by atoms with E-state index in [0.29, 0.717) is 38.1 Å². The van der Waals surface area contributed by atoms with Gasteiger partial charge in [-0.05, 0) is 24.3 Å². The summed E-state index contributed by atoms with van der Waals surface area (Å²) in [5, 5.41) is 0.